The first-order valence-corrected chi connectivity index (χ1v) is 6.34. The van der Waals surface area contributed by atoms with Crippen LogP contribution in [0.15, 0.2) is 24.3 Å². The average Bonchev–Trinajstić information content (AvgIpc) is 2.55. The third-order valence-electron chi connectivity index (χ3n) is 3.31. The second-order valence-electron chi connectivity index (χ2n) is 4.78. The number of benzene rings is 1. The maximum absolute atomic E-state index is 11.1. The zero-order valence-corrected chi connectivity index (χ0v) is 10.6. The summed E-state index contributed by atoms with van der Waals surface area (Å²) >= 11 is 0. The number of ether oxygens (including phenoxy) is 1. The molecule has 18 heavy (non-hydrogen) atoms. The van der Waals surface area contributed by atoms with Gasteiger partial charge in [0, 0.05) is 6.54 Å². The monoisotopic (exact) mass is 249 g/mol. The highest BCUT2D eigenvalue weighted by molar-refractivity contribution is 5.90. The van der Waals surface area contributed by atoms with Crippen molar-refractivity contribution in [1.29, 1.82) is 0 Å². The highest BCUT2D eigenvalue weighted by Gasteiger charge is 2.18. The third-order valence-corrected chi connectivity index (χ3v) is 3.31. The smallest absolute Gasteiger partial charge is 0.339 e. The van der Waals surface area contributed by atoms with Crippen LogP contribution in [0.1, 0.15) is 29.6 Å². The lowest BCUT2D eigenvalue weighted by atomic mass is 10.1. The SMILES string of the molecule is CN1CCCC(Oc2ccccc2C(=O)O)CC1. The van der Waals surface area contributed by atoms with Crippen molar-refractivity contribution in [3.05, 3.63) is 29.8 Å². The van der Waals surface area contributed by atoms with E-state index in [0.717, 1.165) is 32.4 Å². The lowest BCUT2D eigenvalue weighted by Crippen LogP contribution is -2.22. The van der Waals surface area contributed by atoms with E-state index in [1.165, 1.54) is 0 Å². The van der Waals surface area contributed by atoms with Crippen LogP contribution in [0.4, 0.5) is 0 Å². The van der Waals surface area contributed by atoms with E-state index in [-0.39, 0.29) is 11.7 Å². The summed E-state index contributed by atoms with van der Waals surface area (Å²) < 4.78 is 5.87. The van der Waals surface area contributed by atoms with E-state index in [9.17, 15) is 4.79 Å². The highest BCUT2D eigenvalue weighted by Crippen LogP contribution is 2.22. The molecule has 1 aromatic rings. The molecular formula is C14H19NO3. The maximum atomic E-state index is 11.1. The topological polar surface area (TPSA) is 49.8 Å². The molecule has 0 amide bonds. The lowest BCUT2D eigenvalue weighted by molar-refractivity contribution is 0.0688. The molecule has 0 radical (unpaired) electrons. The number of aromatic carboxylic acids is 1. The van der Waals surface area contributed by atoms with Gasteiger partial charge in [0.1, 0.15) is 17.4 Å². The minimum atomic E-state index is -0.934. The molecule has 0 spiro atoms. The van der Waals surface area contributed by atoms with Gasteiger partial charge in [-0.1, -0.05) is 12.1 Å². The fourth-order valence-electron chi connectivity index (χ4n) is 2.25. The van der Waals surface area contributed by atoms with Gasteiger partial charge in [-0.05, 0) is 45.0 Å². The van der Waals surface area contributed by atoms with E-state index in [2.05, 4.69) is 11.9 Å². The van der Waals surface area contributed by atoms with Crippen molar-refractivity contribution in [2.45, 2.75) is 25.4 Å². The molecular weight excluding hydrogens is 230 g/mol. The number of para-hydroxylation sites is 1. The molecule has 1 N–H and O–H groups in total. The Labute approximate surface area is 107 Å². The minimum Gasteiger partial charge on any atom is -0.489 e. The first kappa shape index (κ1) is 12.9. The van der Waals surface area contributed by atoms with Crippen LogP contribution in [0.2, 0.25) is 0 Å². The van der Waals surface area contributed by atoms with E-state index in [0.29, 0.717) is 5.75 Å². The number of hydrogen-bond donors (Lipinski definition) is 1. The van der Waals surface area contributed by atoms with Gasteiger partial charge in [-0.3, -0.25) is 0 Å². The van der Waals surface area contributed by atoms with Crippen LogP contribution in [0.25, 0.3) is 0 Å². The van der Waals surface area contributed by atoms with Crippen molar-refractivity contribution < 1.29 is 14.6 Å². The molecule has 98 valence electrons. The van der Waals surface area contributed by atoms with Crippen molar-refractivity contribution in [3.63, 3.8) is 0 Å². The number of carboxylic acid groups (broad SMARTS) is 1. The number of hydrogen-bond acceptors (Lipinski definition) is 3. The van der Waals surface area contributed by atoms with Crippen molar-refractivity contribution in [3.8, 4) is 5.75 Å². The van der Waals surface area contributed by atoms with Crippen LogP contribution in [0, 0.1) is 0 Å². The Morgan fingerprint density at radius 2 is 2.11 bits per heavy atom. The van der Waals surface area contributed by atoms with Gasteiger partial charge in [0.05, 0.1) is 0 Å². The van der Waals surface area contributed by atoms with Crippen LogP contribution in [0.5, 0.6) is 5.75 Å². The Morgan fingerprint density at radius 1 is 1.33 bits per heavy atom. The molecule has 1 atom stereocenters. The molecule has 1 aliphatic heterocycles. The van der Waals surface area contributed by atoms with Crippen molar-refractivity contribution in [2.24, 2.45) is 0 Å². The molecule has 0 saturated carbocycles. The molecule has 1 saturated heterocycles. The highest BCUT2D eigenvalue weighted by atomic mass is 16.5. The van der Waals surface area contributed by atoms with Crippen LogP contribution in [-0.4, -0.2) is 42.2 Å². The number of rotatable bonds is 3. The van der Waals surface area contributed by atoms with Gasteiger partial charge in [0.2, 0.25) is 0 Å². The Hall–Kier alpha value is -1.55. The van der Waals surface area contributed by atoms with Crippen LogP contribution < -0.4 is 4.74 Å². The molecule has 4 nitrogen and oxygen atoms in total. The Balaban J connectivity index is 2.06. The van der Waals surface area contributed by atoms with Gasteiger partial charge in [0.15, 0.2) is 0 Å². The summed E-state index contributed by atoms with van der Waals surface area (Å²) in [5.74, 6) is -0.448. The van der Waals surface area contributed by atoms with E-state index >= 15 is 0 Å². The largest absolute Gasteiger partial charge is 0.489 e. The standard InChI is InChI=1S/C14H19NO3/c1-15-9-4-5-11(8-10-15)18-13-7-3-2-6-12(13)14(16)17/h2-3,6-7,11H,4-5,8-10H2,1H3,(H,16,17). The maximum Gasteiger partial charge on any atom is 0.339 e. The summed E-state index contributed by atoms with van der Waals surface area (Å²) in [4.78, 5) is 13.4. The van der Waals surface area contributed by atoms with Crippen LogP contribution in [0.3, 0.4) is 0 Å². The quantitative estimate of drug-likeness (QED) is 0.892. The first-order valence-electron chi connectivity index (χ1n) is 6.34. The van der Waals surface area contributed by atoms with E-state index in [4.69, 9.17) is 9.84 Å². The Kier molecular flexibility index (Phi) is 4.20. The molecule has 1 unspecified atom stereocenters. The lowest BCUT2D eigenvalue weighted by Gasteiger charge is -2.18. The number of likely N-dealkylation sites (tertiary alicyclic amines) is 1. The van der Waals surface area contributed by atoms with E-state index < -0.39 is 5.97 Å². The minimum absolute atomic E-state index is 0.121. The summed E-state index contributed by atoms with van der Waals surface area (Å²) in [5, 5.41) is 9.10. The van der Waals surface area contributed by atoms with Gasteiger partial charge < -0.3 is 14.7 Å². The Bertz CT molecular complexity index is 419. The van der Waals surface area contributed by atoms with Crippen molar-refractivity contribution in [1.82, 2.24) is 4.90 Å². The predicted octanol–water partition coefficient (Wildman–Crippen LogP) is 2.25. The molecule has 1 fully saturated rings. The third kappa shape index (κ3) is 3.23. The summed E-state index contributed by atoms with van der Waals surface area (Å²) in [6, 6.07) is 6.85. The summed E-state index contributed by atoms with van der Waals surface area (Å²) in [7, 11) is 2.10. The van der Waals surface area contributed by atoms with Crippen molar-refractivity contribution >= 4 is 5.97 Å². The molecule has 1 heterocycles. The second-order valence-corrected chi connectivity index (χ2v) is 4.78. The second kappa shape index (κ2) is 5.87. The molecule has 0 aliphatic carbocycles. The number of carbonyl (C=O) groups is 1. The van der Waals surface area contributed by atoms with Crippen molar-refractivity contribution in [2.75, 3.05) is 20.1 Å². The summed E-state index contributed by atoms with van der Waals surface area (Å²) in [5.41, 5.74) is 0.245. The fraction of sp³-hybridized carbons (Fsp3) is 0.500. The molecule has 1 aromatic carbocycles. The number of nitrogens with zero attached hydrogens (tertiary/aromatic N) is 1. The first-order chi connectivity index (χ1) is 8.66. The molecule has 4 heteroatoms. The fourth-order valence-corrected chi connectivity index (χ4v) is 2.25. The van der Waals surface area contributed by atoms with Gasteiger partial charge >= 0.3 is 5.97 Å². The van der Waals surface area contributed by atoms with Crippen LogP contribution in [-0.2, 0) is 0 Å². The number of carboxylic acids is 1. The van der Waals surface area contributed by atoms with Gasteiger partial charge in [0.25, 0.3) is 0 Å². The average molecular weight is 249 g/mol. The molecule has 2 rings (SSSR count). The molecule has 0 bridgehead atoms. The summed E-state index contributed by atoms with van der Waals surface area (Å²) in [6.07, 6.45) is 3.15. The zero-order chi connectivity index (χ0) is 13.0. The van der Waals surface area contributed by atoms with E-state index in [1.807, 2.05) is 6.07 Å². The zero-order valence-electron chi connectivity index (χ0n) is 10.6. The van der Waals surface area contributed by atoms with Crippen LogP contribution >= 0.6 is 0 Å². The molecule has 1 aliphatic rings. The normalized spacial score (nSPS) is 21.3. The van der Waals surface area contributed by atoms with Gasteiger partial charge in [-0.25, -0.2) is 4.79 Å². The summed E-state index contributed by atoms with van der Waals surface area (Å²) in [6.45, 7) is 2.08. The van der Waals surface area contributed by atoms with Gasteiger partial charge in [-0.15, -0.1) is 0 Å². The predicted molar refractivity (Wildman–Crippen MR) is 69.2 cm³/mol. The van der Waals surface area contributed by atoms with E-state index in [1.54, 1.807) is 18.2 Å². The van der Waals surface area contributed by atoms with Gasteiger partial charge in [-0.2, -0.15) is 0 Å². The Morgan fingerprint density at radius 3 is 2.89 bits per heavy atom. The molecule has 0 aromatic heterocycles.